The normalized spacial score (nSPS) is 19.0. The van der Waals surface area contributed by atoms with Crippen LogP contribution in [0.5, 0.6) is 5.88 Å². The largest absolute Gasteiger partial charge is 0.415 e. The molecule has 0 amide bonds. The molecule has 2 aromatic rings. The smallest absolute Gasteiger partial charge is 0.388 e. The maximum Gasteiger partial charge on any atom is 0.388 e. The molecule has 0 aliphatic carbocycles. The lowest BCUT2D eigenvalue weighted by Gasteiger charge is -2.24. The number of thioether (sulfide) groups is 1. The van der Waals surface area contributed by atoms with Gasteiger partial charge in [0, 0.05) is 12.6 Å². The van der Waals surface area contributed by atoms with Gasteiger partial charge in [0.25, 0.3) is 0 Å². The molecule has 3 rings (SSSR count). The molecule has 0 fully saturated rings. The highest BCUT2D eigenvalue weighted by atomic mass is 32.2. The second kappa shape index (κ2) is 7.78. The summed E-state index contributed by atoms with van der Waals surface area (Å²) >= 11 is 1.32. The number of amidine groups is 1. The third kappa shape index (κ3) is 4.64. The van der Waals surface area contributed by atoms with Gasteiger partial charge >= 0.3 is 6.61 Å². The molecular formula is C17H15F2N5O2S. The van der Waals surface area contributed by atoms with Crippen LogP contribution < -0.4 is 10.5 Å². The number of nitrogens with two attached hydrogens (primary N) is 1. The number of Topliss-reactive ketones (excluding diaryl/α,β-unsaturated/α-hetero) is 1. The summed E-state index contributed by atoms with van der Waals surface area (Å²) in [7, 11) is 0. The van der Waals surface area contributed by atoms with Gasteiger partial charge in [0.2, 0.25) is 5.88 Å². The number of nitrogens with zero attached hydrogens (tertiary/aromatic N) is 4. The SMILES string of the molecule is C[C@@]1(c2cc(CC(=O)c3cnc(OC(F)F)cn3)ccn2)C=CSC(N)=N1. The lowest BCUT2D eigenvalue weighted by Crippen LogP contribution is -2.24. The van der Waals surface area contributed by atoms with Crippen LogP contribution in [0.2, 0.25) is 0 Å². The van der Waals surface area contributed by atoms with E-state index < -0.39 is 12.2 Å². The molecule has 1 aliphatic rings. The summed E-state index contributed by atoms with van der Waals surface area (Å²) in [5, 5.41) is 2.28. The Morgan fingerprint density at radius 2 is 2.15 bits per heavy atom. The highest BCUT2D eigenvalue weighted by Crippen LogP contribution is 2.31. The number of aliphatic imine (C=N–C) groups is 1. The van der Waals surface area contributed by atoms with E-state index in [1.807, 2.05) is 18.4 Å². The van der Waals surface area contributed by atoms with E-state index in [9.17, 15) is 13.6 Å². The summed E-state index contributed by atoms with van der Waals surface area (Å²) in [6.45, 7) is -1.13. The maximum absolute atomic E-state index is 12.4. The Hall–Kier alpha value is -2.88. The molecule has 2 aromatic heterocycles. The zero-order chi connectivity index (χ0) is 19.4. The minimum absolute atomic E-state index is 0.0486. The fraction of sp³-hybridized carbons (Fsp3) is 0.235. The van der Waals surface area contributed by atoms with Gasteiger partial charge in [-0.15, -0.1) is 0 Å². The molecular weight excluding hydrogens is 376 g/mol. The Bertz CT molecular complexity index is 904. The molecule has 0 saturated carbocycles. The quantitative estimate of drug-likeness (QED) is 0.755. The second-order valence-electron chi connectivity index (χ2n) is 5.79. The summed E-state index contributed by atoms with van der Waals surface area (Å²) in [4.78, 5) is 28.6. The number of ketones is 1. The van der Waals surface area contributed by atoms with Crippen molar-refractivity contribution in [3.63, 3.8) is 0 Å². The van der Waals surface area contributed by atoms with E-state index in [0.29, 0.717) is 16.4 Å². The number of rotatable bonds is 6. The zero-order valence-corrected chi connectivity index (χ0v) is 15.0. The van der Waals surface area contributed by atoms with E-state index in [-0.39, 0.29) is 23.8 Å². The van der Waals surface area contributed by atoms with Gasteiger partial charge < -0.3 is 10.5 Å². The minimum atomic E-state index is -3.00. The third-order valence-electron chi connectivity index (χ3n) is 3.76. The predicted octanol–water partition coefficient (Wildman–Crippen LogP) is 2.69. The Morgan fingerprint density at radius 1 is 1.33 bits per heavy atom. The Kier molecular flexibility index (Phi) is 5.45. The molecule has 140 valence electrons. The van der Waals surface area contributed by atoms with Crippen molar-refractivity contribution in [1.82, 2.24) is 15.0 Å². The van der Waals surface area contributed by atoms with Crippen molar-refractivity contribution in [2.24, 2.45) is 10.7 Å². The van der Waals surface area contributed by atoms with E-state index in [2.05, 4.69) is 24.7 Å². The Balaban J connectivity index is 1.75. The van der Waals surface area contributed by atoms with Gasteiger partial charge in [-0.25, -0.2) is 15.0 Å². The van der Waals surface area contributed by atoms with Crippen LogP contribution in [-0.4, -0.2) is 32.5 Å². The first-order chi connectivity index (χ1) is 12.9. The summed E-state index contributed by atoms with van der Waals surface area (Å²) in [5.74, 6) is -0.663. The molecule has 0 saturated heterocycles. The summed E-state index contributed by atoms with van der Waals surface area (Å²) in [6, 6.07) is 3.48. The first-order valence-corrected chi connectivity index (χ1v) is 8.69. The molecule has 2 N–H and O–H groups in total. The first-order valence-electron chi connectivity index (χ1n) is 7.81. The van der Waals surface area contributed by atoms with Crippen LogP contribution >= 0.6 is 11.8 Å². The van der Waals surface area contributed by atoms with E-state index in [1.165, 1.54) is 11.8 Å². The molecule has 1 aliphatic heterocycles. The van der Waals surface area contributed by atoms with Gasteiger partial charge in [-0.05, 0) is 36.1 Å². The van der Waals surface area contributed by atoms with E-state index >= 15 is 0 Å². The van der Waals surface area contributed by atoms with Crippen LogP contribution in [0.15, 0.2) is 47.2 Å². The molecule has 0 aromatic carbocycles. The number of carbonyl (C=O) groups is 1. The van der Waals surface area contributed by atoms with Crippen molar-refractivity contribution in [3.8, 4) is 5.88 Å². The lowest BCUT2D eigenvalue weighted by molar-refractivity contribution is -0.0531. The third-order valence-corrected chi connectivity index (χ3v) is 4.36. The van der Waals surface area contributed by atoms with Gasteiger partial charge in [0.05, 0.1) is 18.1 Å². The van der Waals surface area contributed by atoms with Crippen LogP contribution in [0.1, 0.15) is 28.7 Å². The van der Waals surface area contributed by atoms with Gasteiger partial charge in [-0.2, -0.15) is 8.78 Å². The summed E-state index contributed by atoms with van der Waals surface area (Å²) in [6.07, 6.45) is 5.62. The van der Waals surface area contributed by atoms with E-state index in [4.69, 9.17) is 5.73 Å². The monoisotopic (exact) mass is 391 g/mol. The molecule has 0 bridgehead atoms. The highest BCUT2D eigenvalue weighted by molar-refractivity contribution is 8.16. The number of hydrogen-bond donors (Lipinski definition) is 1. The standard InChI is InChI=1S/C17H15F2N5O2S/c1-17(3-5-27-16(20)24-17)13-7-10(2-4-21-13)6-12(25)11-8-23-14(9-22-11)26-15(18)19/h2-5,7-9,15H,6H2,1H3,(H2,20,24)/t17-/m0/s1. The average molecular weight is 391 g/mol. The van der Waals surface area contributed by atoms with Crippen molar-refractivity contribution < 1.29 is 18.3 Å². The Morgan fingerprint density at radius 3 is 2.81 bits per heavy atom. The van der Waals surface area contributed by atoms with Crippen LogP contribution in [0.4, 0.5) is 8.78 Å². The minimum Gasteiger partial charge on any atom is -0.415 e. The zero-order valence-electron chi connectivity index (χ0n) is 14.2. The number of halogens is 2. The van der Waals surface area contributed by atoms with E-state index in [1.54, 1.807) is 18.3 Å². The van der Waals surface area contributed by atoms with Gasteiger partial charge in [0.15, 0.2) is 11.0 Å². The van der Waals surface area contributed by atoms with Crippen LogP contribution in [0.25, 0.3) is 0 Å². The molecule has 10 heteroatoms. The van der Waals surface area contributed by atoms with Crippen molar-refractivity contribution in [3.05, 3.63) is 59.2 Å². The predicted molar refractivity (Wildman–Crippen MR) is 96.6 cm³/mol. The molecule has 3 heterocycles. The topological polar surface area (TPSA) is 103 Å². The van der Waals surface area contributed by atoms with Crippen molar-refractivity contribution in [2.75, 3.05) is 0 Å². The number of aromatic nitrogens is 3. The highest BCUT2D eigenvalue weighted by Gasteiger charge is 2.27. The van der Waals surface area contributed by atoms with Crippen LogP contribution in [-0.2, 0) is 12.0 Å². The summed E-state index contributed by atoms with van der Waals surface area (Å²) in [5.41, 5.74) is 6.50. The second-order valence-corrected chi connectivity index (χ2v) is 6.71. The molecule has 27 heavy (non-hydrogen) atoms. The Labute approximate surface area is 157 Å². The maximum atomic E-state index is 12.4. The lowest BCUT2D eigenvalue weighted by atomic mass is 9.95. The van der Waals surface area contributed by atoms with Crippen LogP contribution in [0.3, 0.4) is 0 Å². The molecule has 1 atom stereocenters. The fourth-order valence-corrected chi connectivity index (χ4v) is 3.14. The van der Waals surface area contributed by atoms with Crippen LogP contribution in [0, 0.1) is 0 Å². The molecule has 0 spiro atoms. The number of pyridine rings is 1. The van der Waals surface area contributed by atoms with Crippen molar-refractivity contribution in [1.29, 1.82) is 0 Å². The van der Waals surface area contributed by atoms with Crippen molar-refractivity contribution in [2.45, 2.75) is 25.5 Å². The van der Waals surface area contributed by atoms with Gasteiger partial charge in [-0.3, -0.25) is 9.78 Å². The number of alkyl halides is 2. The van der Waals surface area contributed by atoms with Crippen molar-refractivity contribution >= 4 is 22.7 Å². The van der Waals surface area contributed by atoms with Gasteiger partial charge in [0.1, 0.15) is 11.2 Å². The number of hydrogen-bond acceptors (Lipinski definition) is 8. The number of carbonyl (C=O) groups excluding carboxylic acids is 1. The van der Waals surface area contributed by atoms with Gasteiger partial charge in [-0.1, -0.05) is 11.8 Å². The first kappa shape index (κ1) is 18.9. The summed E-state index contributed by atoms with van der Waals surface area (Å²) < 4.78 is 28.4. The molecule has 0 unspecified atom stereocenters. The van der Waals surface area contributed by atoms with E-state index in [0.717, 1.165) is 12.4 Å². The molecule has 0 radical (unpaired) electrons. The average Bonchev–Trinajstić information content (AvgIpc) is 2.62. The molecule has 7 nitrogen and oxygen atoms in total. The number of ether oxygens (including phenoxy) is 1. The fourth-order valence-electron chi connectivity index (χ4n) is 2.42.